The highest BCUT2D eigenvalue weighted by Crippen LogP contribution is 2.29. The maximum Gasteiger partial charge on any atom is 0.253 e. The van der Waals surface area contributed by atoms with Gasteiger partial charge in [-0.05, 0) is 74.7 Å². The molecule has 0 aliphatic carbocycles. The minimum atomic E-state index is -0.682. The number of halogens is 2. The van der Waals surface area contributed by atoms with Crippen molar-refractivity contribution in [3.8, 4) is 16.9 Å². The number of hydrogen-bond acceptors (Lipinski definition) is 5. The van der Waals surface area contributed by atoms with Crippen LogP contribution in [0, 0.1) is 11.6 Å². The van der Waals surface area contributed by atoms with Crippen molar-refractivity contribution in [3.63, 3.8) is 0 Å². The van der Waals surface area contributed by atoms with Gasteiger partial charge >= 0.3 is 0 Å². The average Bonchev–Trinajstić information content (AvgIpc) is 3.44. The minimum absolute atomic E-state index is 0.0576. The van der Waals surface area contributed by atoms with Crippen LogP contribution in [0.1, 0.15) is 41.6 Å². The summed E-state index contributed by atoms with van der Waals surface area (Å²) in [6.45, 7) is 3.85. The molecule has 0 radical (unpaired) electrons. The molecular weight excluding hydrogens is 462 g/mol. The third-order valence-electron chi connectivity index (χ3n) is 7.15. The second-order valence-corrected chi connectivity index (χ2v) is 9.48. The maximum absolute atomic E-state index is 13.9. The molecular formula is C28H30F2N4O2. The van der Waals surface area contributed by atoms with Crippen LogP contribution in [0.2, 0.25) is 0 Å². The number of hydrogen-bond donors (Lipinski definition) is 1. The molecule has 0 saturated carbocycles. The molecule has 2 aliphatic heterocycles. The lowest BCUT2D eigenvalue weighted by atomic mass is 10.0. The van der Waals surface area contributed by atoms with E-state index in [1.54, 1.807) is 12.3 Å². The van der Waals surface area contributed by atoms with Crippen molar-refractivity contribution in [2.75, 3.05) is 31.9 Å². The first kappa shape index (κ1) is 24.2. The summed E-state index contributed by atoms with van der Waals surface area (Å²) in [4.78, 5) is 21.8. The lowest BCUT2D eigenvalue weighted by Crippen LogP contribution is -2.45. The predicted molar refractivity (Wildman–Crippen MR) is 135 cm³/mol. The number of carbonyl (C=O) groups excluding carboxylic acids is 1. The number of nitrogens with zero attached hydrogens (tertiary/aromatic N) is 3. The summed E-state index contributed by atoms with van der Waals surface area (Å²) in [5.41, 5.74) is 8.43. The van der Waals surface area contributed by atoms with Crippen molar-refractivity contribution in [1.82, 2.24) is 14.8 Å². The monoisotopic (exact) mass is 492 g/mol. The average molecular weight is 493 g/mol. The number of carbonyl (C=O) groups is 1. The molecule has 6 nitrogen and oxygen atoms in total. The van der Waals surface area contributed by atoms with Crippen LogP contribution in [-0.2, 0) is 6.61 Å². The SMILES string of the molecule is Nc1ncc(-c2ccc(C(=O)N3CCC(N4CCCC4)CC3)cc2)cc1OCc1ccc(F)cc1F. The summed E-state index contributed by atoms with van der Waals surface area (Å²) < 4.78 is 32.7. The molecule has 2 aliphatic rings. The van der Waals surface area contributed by atoms with Gasteiger partial charge in [-0.2, -0.15) is 0 Å². The van der Waals surface area contributed by atoms with Crippen LogP contribution >= 0.6 is 0 Å². The Hall–Kier alpha value is -3.52. The number of benzene rings is 2. The molecule has 2 N–H and O–H groups in total. The minimum Gasteiger partial charge on any atom is -0.485 e. The lowest BCUT2D eigenvalue weighted by Gasteiger charge is -2.36. The summed E-state index contributed by atoms with van der Waals surface area (Å²) in [5, 5.41) is 0. The van der Waals surface area contributed by atoms with Crippen LogP contribution in [-0.4, -0.2) is 52.9 Å². The molecule has 1 aromatic heterocycles. The number of ether oxygens (including phenoxy) is 1. The summed E-state index contributed by atoms with van der Waals surface area (Å²) in [6, 6.07) is 13.1. The molecule has 5 rings (SSSR count). The quantitative estimate of drug-likeness (QED) is 0.531. The molecule has 188 valence electrons. The zero-order chi connectivity index (χ0) is 25.1. The number of aromatic nitrogens is 1. The van der Waals surface area contributed by atoms with E-state index in [9.17, 15) is 13.6 Å². The fourth-order valence-electron chi connectivity index (χ4n) is 5.05. The number of amides is 1. The Balaban J connectivity index is 1.22. The molecule has 36 heavy (non-hydrogen) atoms. The molecule has 0 atom stereocenters. The van der Waals surface area contributed by atoms with Gasteiger partial charge in [0.2, 0.25) is 0 Å². The van der Waals surface area contributed by atoms with E-state index in [-0.39, 0.29) is 23.9 Å². The van der Waals surface area contributed by atoms with Gasteiger partial charge in [0.15, 0.2) is 11.6 Å². The van der Waals surface area contributed by atoms with Crippen LogP contribution < -0.4 is 10.5 Å². The van der Waals surface area contributed by atoms with Crippen molar-refractivity contribution in [2.24, 2.45) is 0 Å². The van der Waals surface area contributed by atoms with Gasteiger partial charge in [0, 0.05) is 48.1 Å². The third-order valence-corrected chi connectivity index (χ3v) is 7.15. The molecule has 0 spiro atoms. The molecule has 0 bridgehead atoms. The van der Waals surface area contributed by atoms with Gasteiger partial charge in [-0.1, -0.05) is 12.1 Å². The highest BCUT2D eigenvalue weighted by molar-refractivity contribution is 5.94. The number of nitrogens with two attached hydrogens (primary N) is 1. The Kier molecular flexibility index (Phi) is 7.13. The Morgan fingerprint density at radius 3 is 2.39 bits per heavy atom. The van der Waals surface area contributed by atoms with Crippen LogP contribution in [0.3, 0.4) is 0 Å². The number of pyridine rings is 1. The van der Waals surface area contributed by atoms with E-state index in [1.165, 1.54) is 38.1 Å². The van der Waals surface area contributed by atoms with Gasteiger partial charge in [-0.25, -0.2) is 13.8 Å². The topological polar surface area (TPSA) is 71.7 Å². The first-order valence-corrected chi connectivity index (χ1v) is 12.4. The number of nitrogen functional groups attached to an aromatic ring is 1. The maximum atomic E-state index is 13.9. The Labute approximate surface area is 209 Å². The smallest absolute Gasteiger partial charge is 0.253 e. The fourth-order valence-corrected chi connectivity index (χ4v) is 5.05. The molecule has 2 fully saturated rings. The van der Waals surface area contributed by atoms with Crippen molar-refractivity contribution < 1.29 is 18.3 Å². The van der Waals surface area contributed by atoms with E-state index in [0.29, 0.717) is 17.4 Å². The van der Waals surface area contributed by atoms with E-state index < -0.39 is 11.6 Å². The van der Waals surface area contributed by atoms with E-state index in [0.717, 1.165) is 43.1 Å². The van der Waals surface area contributed by atoms with Crippen molar-refractivity contribution in [3.05, 3.63) is 77.5 Å². The number of piperidine rings is 1. The summed E-state index contributed by atoms with van der Waals surface area (Å²) in [7, 11) is 0. The first-order chi connectivity index (χ1) is 17.5. The van der Waals surface area contributed by atoms with Crippen molar-refractivity contribution in [2.45, 2.75) is 38.3 Å². The van der Waals surface area contributed by atoms with Crippen LogP contribution in [0.15, 0.2) is 54.7 Å². The van der Waals surface area contributed by atoms with Crippen LogP contribution in [0.25, 0.3) is 11.1 Å². The van der Waals surface area contributed by atoms with Gasteiger partial charge < -0.3 is 20.3 Å². The zero-order valence-electron chi connectivity index (χ0n) is 20.1. The summed E-state index contributed by atoms with van der Waals surface area (Å²) >= 11 is 0. The molecule has 1 amide bonds. The first-order valence-electron chi connectivity index (χ1n) is 12.4. The second kappa shape index (κ2) is 10.6. The number of anilines is 1. The van der Waals surface area contributed by atoms with E-state index in [4.69, 9.17) is 10.5 Å². The lowest BCUT2D eigenvalue weighted by molar-refractivity contribution is 0.0644. The third kappa shape index (κ3) is 5.33. The molecule has 0 unspecified atom stereocenters. The second-order valence-electron chi connectivity index (χ2n) is 9.48. The molecule has 3 aromatic rings. The number of likely N-dealkylation sites (tertiary alicyclic amines) is 2. The Morgan fingerprint density at radius 1 is 0.972 bits per heavy atom. The molecule has 8 heteroatoms. The van der Waals surface area contributed by atoms with Gasteiger partial charge in [0.25, 0.3) is 5.91 Å². The zero-order valence-corrected chi connectivity index (χ0v) is 20.1. The highest BCUT2D eigenvalue weighted by atomic mass is 19.1. The summed E-state index contributed by atoms with van der Waals surface area (Å²) in [6.07, 6.45) is 6.27. The van der Waals surface area contributed by atoms with Gasteiger partial charge in [0.1, 0.15) is 18.2 Å². The predicted octanol–water partition coefficient (Wildman–Crippen LogP) is 4.89. The summed E-state index contributed by atoms with van der Waals surface area (Å²) in [5.74, 6) is -0.795. The van der Waals surface area contributed by atoms with Crippen LogP contribution in [0.4, 0.5) is 14.6 Å². The molecule has 2 saturated heterocycles. The van der Waals surface area contributed by atoms with Crippen molar-refractivity contribution >= 4 is 11.7 Å². The fraction of sp³-hybridized carbons (Fsp3) is 0.357. The molecule has 2 aromatic carbocycles. The largest absolute Gasteiger partial charge is 0.485 e. The normalized spacial score (nSPS) is 16.9. The van der Waals surface area contributed by atoms with Crippen LogP contribution in [0.5, 0.6) is 5.75 Å². The Morgan fingerprint density at radius 2 is 1.69 bits per heavy atom. The van der Waals surface area contributed by atoms with E-state index in [2.05, 4.69) is 9.88 Å². The standard InChI is InChI=1S/C28H30F2N4O2/c29-23-8-7-21(25(30)16-23)18-36-26-15-22(17-32-27(26)31)19-3-5-20(6-4-19)28(35)34-13-9-24(10-14-34)33-11-1-2-12-33/h3-8,15-17,24H,1-2,9-14,18H2,(H2,31,32). The molecule has 3 heterocycles. The van der Waals surface area contributed by atoms with Gasteiger partial charge in [-0.3, -0.25) is 4.79 Å². The van der Waals surface area contributed by atoms with E-state index >= 15 is 0 Å². The van der Waals surface area contributed by atoms with Crippen molar-refractivity contribution in [1.29, 1.82) is 0 Å². The van der Waals surface area contributed by atoms with E-state index in [1.807, 2.05) is 29.2 Å². The highest BCUT2D eigenvalue weighted by Gasteiger charge is 2.28. The van der Waals surface area contributed by atoms with Gasteiger partial charge in [-0.15, -0.1) is 0 Å². The Bertz CT molecular complexity index is 1220. The number of rotatable bonds is 6. The van der Waals surface area contributed by atoms with Gasteiger partial charge in [0.05, 0.1) is 0 Å².